The van der Waals surface area contributed by atoms with Gasteiger partial charge in [0.1, 0.15) is 17.7 Å². The minimum absolute atomic E-state index is 0.00573. The summed E-state index contributed by atoms with van der Waals surface area (Å²) in [5, 5.41) is 3.71. The lowest BCUT2D eigenvalue weighted by Gasteiger charge is -2.09. The Morgan fingerprint density at radius 1 is 1.31 bits per heavy atom. The second-order valence-corrected chi connectivity index (χ2v) is 12.3. The van der Waals surface area contributed by atoms with Crippen LogP contribution in [-0.4, -0.2) is 34.8 Å². The summed E-state index contributed by atoms with van der Waals surface area (Å²) < 4.78 is 59.4. The van der Waals surface area contributed by atoms with Gasteiger partial charge in [-0.2, -0.15) is 13.2 Å². The van der Waals surface area contributed by atoms with Gasteiger partial charge in [-0.1, -0.05) is 11.8 Å². The SMILES string of the molecule is CP(C)(=O)c1ccc(NCC#Cc2cc3c(Br)cccn3c2SC(F)(F)F)c2ncoc12. The second-order valence-electron chi connectivity index (χ2n) is 7.19. The molecule has 0 aliphatic rings. The molecule has 0 unspecified atom stereocenters. The third-order valence-electron chi connectivity index (χ3n) is 4.56. The van der Waals surface area contributed by atoms with Crippen molar-refractivity contribution in [2.75, 3.05) is 25.2 Å². The molecule has 0 saturated heterocycles. The average Bonchev–Trinajstić information content (AvgIpc) is 3.30. The van der Waals surface area contributed by atoms with Gasteiger partial charge in [0.25, 0.3) is 0 Å². The van der Waals surface area contributed by atoms with Crippen LogP contribution in [0, 0.1) is 11.8 Å². The Morgan fingerprint density at radius 3 is 2.81 bits per heavy atom. The van der Waals surface area contributed by atoms with Crippen molar-refractivity contribution in [3.8, 4) is 11.8 Å². The number of oxazole rings is 1. The number of nitrogens with zero attached hydrogens (tertiary/aromatic N) is 2. The summed E-state index contributed by atoms with van der Waals surface area (Å²) >= 11 is 3.17. The third-order valence-corrected chi connectivity index (χ3v) is 7.58. The van der Waals surface area contributed by atoms with Crippen LogP contribution in [0.4, 0.5) is 18.9 Å². The van der Waals surface area contributed by atoms with Crippen LogP contribution in [0.15, 0.2) is 56.8 Å². The molecule has 11 heteroatoms. The zero-order chi connectivity index (χ0) is 23.1. The van der Waals surface area contributed by atoms with Crippen LogP contribution in [0.1, 0.15) is 5.56 Å². The lowest BCUT2D eigenvalue weighted by molar-refractivity contribution is -0.0329. The molecule has 0 atom stereocenters. The topological polar surface area (TPSA) is 59.5 Å². The molecule has 0 radical (unpaired) electrons. The smallest absolute Gasteiger partial charge is 0.443 e. The monoisotopic (exact) mass is 541 g/mol. The van der Waals surface area contributed by atoms with E-state index in [-0.39, 0.29) is 28.9 Å². The standard InChI is InChI=1S/C21H16BrF3N3O2PS/c1-31(2,29)17-8-7-15(18-19(17)30-12-27-18)26-9-3-5-13-11-16-14(22)6-4-10-28(16)20(13)32-21(23,24)25/h4,6-8,10-12,26H,9H2,1-2H3. The Bertz CT molecular complexity index is 1430. The fourth-order valence-corrected chi connectivity index (χ4v) is 5.46. The molecular weight excluding hydrogens is 526 g/mol. The van der Waals surface area contributed by atoms with Gasteiger partial charge in [-0.15, -0.1) is 0 Å². The van der Waals surface area contributed by atoms with Crippen LogP contribution < -0.4 is 10.6 Å². The zero-order valence-corrected chi connectivity index (χ0v) is 20.1. The molecule has 0 aliphatic heterocycles. The van der Waals surface area contributed by atoms with E-state index in [2.05, 4.69) is 38.1 Å². The van der Waals surface area contributed by atoms with Gasteiger partial charge in [-0.05, 0) is 59.6 Å². The van der Waals surface area contributed by atoms with Crippen LogP contribution in [0.5, 0.6) is 0 Å². The molecule has 3 aromatic heterocycles. The Morgan fingerprint density at radius 2 is 2.09 bits per heavy atom. The van der Waals surface area contributed by atoms with Crippen molar-refractivity contribution in [1.82, 2.24) is 9.38 Å². The number of nitrogens with one attached hydrogen (secondary N) is 1. The number of hydrogen-bond donors (Lipinski definition) is 1. The van der Waals surface area contributed by atoms with Crippen molar-refractivity contribution < 1.29 is 22.2 Å². The average molecular weight is 542 g/mol. The van der Waals surface area contributed by atoms with E-state index < -0.39 is 12.7 Å². The first-order valence-electron chi connectivity index (χ1n) is 9.24. The van der Waals surface area contributed by atoms with Gasteiger partial charge >= 0.3 is 5.51 Å². The van der Waals surface area contributed by atoms with E-state index in [1.807, 2.05) is 0 Å². The van der Waals surface area contributed by atoms with Gasteiger partial charge in [0, 0.05) is 22.4 Å². The Balaban J connectivity index is 1.62. The van der Waals surface area contributed by atoms with E-state index in [4.69, 9.17) is 4.42 Å². The number of hydrogen-bond acceptors (Lipinski definition) is 5. The highest BCUT2D eigenvalue weighted by atomic mass is 79.9. The first-order chi connectivity index (χ1) is 15.0. The Labute approximate surface area is 194 Å². The van der Waals surface area contributed by atoms with E-state index in [9.17, 15) is 17.7 Å². The van der Waals surface area contributed by atoms with Crippen molar-refractivity contribution in [3.05, 3.63) is 53.0 Å². The second kappa shape index (κ2) is 8.54. The molecule has 1 aromatic carbocycles. The normalized spacial score (nSPS) is 12.2. The number of benzene rings is 1. The molecule has 0 aliphatic carbocycles. The molecule has 0 fully saturated rings. The number of thioether (sulfide) groups is 1. The van der Waals surface area contributed by atoms with Crippen molar-refractivity contribution >= 4 is 62.4 Å². The Hall–Kier alpha value is -2.34. The van der Waals surface area contributed by atoms with Crippen LogP contribution in [-0.2, 0) is 4.57 Å². The van der Waals surface area contributed by atoms with Gasteiger partial charge in [-0.25, -0.2) is 4.98 Å². The number of anilines is 1. The number of rotatable bonds is 4. The molecule has 0 amide bonds. The summed E-state index contributed by atoms with van der Waals surface area (Å²) in [6.45, 7) is 3.47. The highest BCUT2D eigenvalue weighted by Crippen LogP contribution is 2.41. The Kier molecular flexibility index (Phi) is 6.10. The minimum atomic E-state index is -4.44. The highest BCUT2D eigenvalue weighted by molar-refractivity contribution is 9.10. The molecule has 3 heterocycles. The maximum absolute atomic E-state index is 13.1. The van der Waals surface area contributed by atoms with E-state index >= 15 is 0 Å². The summed E-state index contributed by atoms with van der Waals surface area (Å²) in [4.78, 5) is 4.19. The summed E-state index contributed by atoms with van der Waals surface area (Å²) in [5.41, 5.74) is -1.96. The molecule has 1 N–H and O–H groups in total. The fraction of sp³-hybridized carbons (Fsp3) is 0.190. The summed E-state index contributed by atoms with van der Waals surface area (Å²) in [5.74, 6) is 5.71. The lowest BCUT2D eigenvalue weighted by Crippen LogP contribution is -2.07. The van der Waals surface area contributed by atoms with E-state index in [1.54, 1.807) is 49.9 Å². The zero-order valence-electron chi connectivity index (χ0n) is 16.8. The van der Waals surface area contributed by atoms with Gasteiger partial charge in [0.15, 0.2) is 12.0 Å². The molecule has 0 saturated carbocycles. The molecule has 166 valence electrons. The minimum Gasteiger partial charge on any atom is -0.443 e. The van der Waals surface area contributed by atoms with Crippen molar-refractivity contribution in [2.24, 2.45) is 0 Å². The molecule has 32 heavy (non-hydrogen) atoms. The largest absolute Gasteiger partial charge is 0.447 e. The summed E-state index contributed by atoms with van der Waals surface area (Å²) in [6.07, 6.45) is 2.85. The van der Waals surface area contributed by atoms with Gasteiger partial charge in [0.2, 0.25) is 0 Å². The van der Waals surface area contributed by atoms with E-state index in [1.165, 1.54) is 10.8 Å². The first kappa shape index (κ1) is 22.8. The van der Waals surface area contributed by atoms with E-state index in [0.29, 0.717) is 32.1 Å². The molecule has 0 spiro atoms. The summed E-state index contributed by atoms with van der Waals surface area (Å²) in [6, 6.07) is 8.51. The van der Waals surface area contributed by atoms with Crippen LogP contribution in [0.2, 0.25) is 0 Å². The number of alkyl halides is 3. The van der Waals surface area contributed by atoms with Crippen LogP contribution in [0.3, 0.4) is 0 Å². The van der Waals surface area contributed by atoms with Gasteiger partial charge in [-0.3, -0.25) is 0 Å². The number of halogens is 4. The number of aromatic nitrogens is 2. The van der Waals surface area contributed by atoms with Crippen molar-refractivity contribution in [3.63, 3.8) is 0 Å². The molecule has 4 aromatic rings. The quantitative estimate of drug-likeness (QED) is 0.190. The van der Waals surface area contributed by atoms with Crippen molar-refractivity contribution in [2.45, 2.75) is 10.5 Å². The van der Waals surface area contributed by atoms with Crippen molar-refractivity contribution in [1.29, 1.82) is 0 Å². The fourth-order valence-electron chi connectivity index (χ4n) is 3.22. The first-order valence-corrected chi connectivity index (χ1v) is 13.5. The summed E-state index contributed by atoms with van der Waals surface area (Å²) in [7, 11) is -2.55. The van der Waals surface area contributed by atoms with Gasteiger partial charge < -0.3 is 18.7 Å². The molecular formula is C21H16BrF3N3O2PS. The van der Waals surface area contributed by atoms with Gasteiger partial charge in [0.05, 0.1) is 28.6 Å². The van der Waals surface area contributed by atoms with Crippen LogP contribution >= 0.6 is 34.8 Å². The maximum Gasteiger partial charge on any atom is 0.447 e. The molecule has 4 rings (SSSR count). The molecule has 0 bridgehead atoms. The predicted octanol–water partition coefficient (Wildman–Crippen LogP) is 6.17. The maximum atomic E-state index is 13.1. The lowest BCUT2D eigenvalue weighted by atomic mass is 10.2. The third kappa shape index (κ3) is 4.70. The predicted molar refractivity (Wildman–Crippen MR) is 125 cm³/mol. The highest BCUT2D eigenvalue weighted by Gasteiger charge is 2.32. The number of pyridine rings is 1. The molecule has 5 nitrogen and oxygen atoms in total. The van der Waals surface area contributed by atoms with E-state index in [0.717, 1.165) is 0 Å². The van der Waals surface area contributed by atoms with Crippen LogP contribution in [0.25, 0.3) is 16.6 Å². The number of fused-ring (bicyclic) bond motifs is 2.